The molecule has 5 heteroatoms. The predicted octanol–water partition coefficient (Wildman–Crippen LogP) is 0.713. The number of nitrogens with zero attached hydrogens (tertiary/aromatic N) is 3. The summed E-state index contributed by atoms with van der Waals surface area (Å²) in [6.07, 6.45) is 5.30. The van der Waals surface area contributed by atoms with E-state index in [2.05, 4.69) is 33.7 Å². The Labute approximate surface area is 109 Å². The zero-order valence-corrected chi connectivity index (χ0v) is 11.4. The first-order valence-electron chi connectivity index (χ1n) is 6.79. The third-order valence-corrected chi connectivity index (χ3v) is 3.28. The largest absolute Gasteiger partial charge is 0.374 e. The summed E-state index contributed by atoms with van der Waals surface area (Å²) in [5.74, 6) is 0. The lowest BCUT2D eigenvalue weighted by molar-refractivity contribution is -0.0182. The molecule has 0 saturated carbocycles. The summed E-state index contributed by atoms with van der Waals surface area (Å²) in [7, 11) is 2.14. The van der Waals surface area contributed by atoms with Gasteiger partial charge in [-0.25, -0.2) is 4.98 Å². The molecule has 0 aliphatic carbocycles. The first-order chi connectivity index (χ1) is 8.79. The van der Waals surface area contributed by atoms with Crippen molar-refractivity contribution < 1.29 is 4.74 Å². The van der Waals surface area contributed by atoms with Crippen LogP contribution in [0.2, 0.25) is 0 Å². The van der Waals surface area contributed by atoms with Crippen LogP contribution in [0.5, 0.6) is 0 Å². The summed E-state index contributed by atoms with van der Waals surface area (Å²) in [6, 6.07) is 0. The fourth-order valence-electron chi connectivity index (χ4n) is 2.29. The fraction of sp³-hybridized carbons (Fsp3) is 0.769. The molecule has 1 aromatic heterocycles. The van der Waals surface area contributed by atoms with Crippen LogP contribution in [0.15, 0.2) is 12.5 Å². The molecule has 1 aliphatic heterocycles. The standard InChI is InChI=1S/C13H24N4O/c1-3-4-17-11-15-8-12(17)7-14-9-13-10-16(2)5-6-18-13/h8,11,13-14H,3-7,9-10H2,1-2H3. The Morgan fingerprint density at radius 3 is 3.22 bits per heavy atom. The number of imidazole rings is 1. The first kappa shape index (κ1) is 13.5. The molecule has 0 aromatic carbocycles. The average Bonchev–Trinajstić information content (AvgIpc) is 2.78. The van der Waals surface area contributed by atoms with Crippen molar-refractivity contribution in [3.63, 3.8) is 0 Å². The third-order valence-electron chi connectivity index (χ3n) is 3.28. The molecule has 2 rings (SSSR count). The maximum absolute atomic E-state index is 5.72. The monoisotopic (exact) mass is 252 g/mol. The molecule has 18 heavy (non-hydrogen) atoms. The lowest BCUT2D eigenvalue weighted by atomic mass is 10.3. The summed E-state index contributed by atoms with van der Waals surface area (Å²) < 4.78 is 7.93. The van der Waals surface area contributed by atoms with Crippen LogP contribution in [0.1, 0.15) is 19.0 Å². The Kier molecular flexibility index (Phi) is 5.16. The Balaban J connectivity index is 1.72. The van der Waals surface area contributed by atoms with Crippen molar-refractivity contribution in [1.29, 1.82) is 0 Å². The van der Waals surface area contributed by atoms with E-state index in [1.54, 1.807) is 0 Å². The molecule has 0 spiro atoms. The summed E-state index contributed by atoms with van der Waals surface area (Å²) in [4.78, 5) is 6.52. The lowest BCUT2D eigenvalue weighted by Gasteiger charge is -2.30. The molecule has 1 aliphatic rings. The van der Waals surface area contributed by atoms with Gasteiger partial charge in [0.15, 0.2) is 0 Å². The van der Waals surface area contributed by atoms with Gasteiger partial charge in [0.25, 0.3) is 0 Å². The Hall–Kier alpha value is -0.910. The molecule has 0 amide bonds. The number of morpholine rings is 1. The van der Waals surface area contributed by atoms with E-state index in [1.165, 1.54) is 5.69 Å². The highest BCUT2D eigenvalue weighted by molar-refractivity contribution is 4.97. The highest BCUT2D eigenvalue weighted by Crippen LogP contribution is 2.03. The van der Waals surface area contributed by atoms with Crippen molar-refractivity contribution in [2.75, 3.05) is 33.3 Å². The van der Waals surface area contributed by atoms with Crippen molar-refractivity contribution in [3.05, 3.63) is 18.2 Å². The second kappa shape index (κ2) is 6.87. The fourth-order valence-corrected chi connectivity index (χ4v) is 2.29. The van der Waals surface area contributed by atoms with Gasteiger partial charge in [-0.3, -0.25) is 0 Å². The van der Waals surface area contributed by atoms with Crippen molar-refractivity contribution in [3.8, 4) is 0 Å². The molecule has 0 bridgehead atoms. The van der Waals surface area contributed by atoms with Gasteiger partial charge >= 0.3 is 0 Å². The third kappa shape index (κ3) is 3.80. The number of ether oxygens (including phenoxy) is 1. The van der Waals surface area contributed by atoms with Crippen LogP contribution in [0.3, 0.4) is 0 Å². The van der Waals surface area contributed by atoms with Gasteiger partial charge in [-0.15, -0.1) is 0 Å². The van der Waals surface area contributed by atoms with E-state index in [4.69, 9.17) is 4.74 Å². The smallest absolute Gasteiger partial charge is 0.0948 e. The molecule has 1 saturated heterocycles. The van der Waals surface area contributed by atoms with E-state index in [0.29, 0.717) is 6.10 Å². The van der Waals surface area contributed by atoms with Crippen LogP contribution >= 0.6 is 0 Å². The molecule has 1 N–H and O–H groups in total. The van der Waals surface area contributed by atoms with Crippen LogP contribution in [-0.2, 0) is 17.8 Å². The highest BCUT2D eigenvalue weighted by atomic mass is 16.5. The zero-order valence-electron chi connectivity index (χ0n) is 11.4. The number of likely N-dealkylation sites (N-methyl/N-ethyl adjacent to an activating group) is 1. The first-order valence-corrected chi connectivity index (χ1v) is 6.79. The molecular weight excluding hydrogens is 228 g/mol. The topological polar surface area (TPSA) is 42.3 Å². The molecule has 1 fully saturated rings. The summed E-state index contributed by atoms with van der Waals surface area (Å²) in [5, 5.41) is 3.46. The van der Waals surface area contributed by atoms with Crippen LogP contribution < -0.4 is 5.32 Å². The van der Waals surface area contributed by atoms with Gasteiger partial charge in [0, 0.05) is 38.9 Å². The second-order valence-corrected chi connectivity index (χ2v) is 4.96. The summed E-state index contributed by atoms with van der Waals surface area (Å²) in [6.45, 7) is 7.89. The molecule has 1 unspecified atom stereocenters. The van der Waals surface area contributed by atoms with E-state index >= 15 is 0 Å². The number of hydrogen-bond donors (Lipinski definition) is 1. The Morgan fingerprint density at radius 1 is 1.56 bits per heavy atom. The highest BCUT2D eigenvalue weighted by Gasteiger charge is 2.17. The molecule has 5 nitrogen and oxygen atoms in total. The molecule has 2 heterocycles. The maximum atomic E-state index is 5.72. The van der Waals surface area contributed by atoms with Crippen molar-refractivity contribution >= 4 is 0 Å². The lowest BCUT2D eigenvalue weighted by Crippen LogP contribution is -2.44. The van der Waals surface area contributed by atoms with Gasteiger partial charge in [0.05, 0.1) is 24.7 Å². The second-order valence-electron chi connectivity index (χ2n) is 4.96. The predicted molar refractivity (Wildman–Crippen MR) is 71.5 cm³/mol. The Morgan fingerprint density at radius 2 is 2.44 bits per heavy atom. The van der Waals surface area contributed by atoms with E-state index in [-0.39, 0.29) is 0 Å². The van der Waals surface area contributed by atoms with Gasteiger partial charge in [-0.1, -0.05) is 6.92 Å². The number of hydrogen-bond acceptors (Lipinski definition) is 4. The number of aromatic nitrogens is 2. The number of aryl methyl sites for hydroxylation is 1. The molecule has 1 aromatic rings. The molecule has 1 atom stereocenters. The van der Waals surface area contributed by atoms with Crippen LogP contribution in [0.25, 0.3) is 0 Å². The molecule has 0 radical (unpaired) electrons. The summed E-state index contributed by atoms with van der Waals surface area (Å²) in [5.41, 5.74) is 1.25. The average molecular weight is 252 g/mol. The van der Waals surface area contributed by atoms with Gasteiger partial charge in [-0.2, -0.15) is 0 Å². The van der Waals surface area contributed by atoms with E-state index in [9.17, 15) is 0 Å². The summed E-state index contributed by atoms with van der Waals surface area (Å²) >= 11 is 0. The molecular formula is C13H24N4O. The maximum Gasteiger partial charge on any atom is 0.0948 e. The number of nitrogens with one attached hydrogen (secondary N) is 1. The van der Waals surface area contributed by atoms with Gasteiger partial charge in [-0.05, 0) is 13.5 Å². The minimum atomic E-state index is 0.311. The minimum Gasteiger partial charge on any atom is -0.374 e. The van der Waals surface area contributed by atoms with Crippen LogP contribution in [0.4, 0.5) is 0 Å². The van der Waals surface area contributed by atoms with E-state index < -0.39 is 0 Å². The number of rotatable bonds is 6. The van der Waals surface area contributed by atoms with E-state index in [1.807, 2.05) is 12.5 Å². The quantitative estimate of drug-likeness (QED) is 0.810. The van der Waals surface area contributed by atoms with Gasteiger partial charge in [0.1, 0.15) is 0 Å². The van der Waals surface area contributed by atoms with Crippen molar-refractivity contribution in [1.82, 2.24) is 19.8 Å². The molecule has 102 valence electrons. The van der Waals surface area contributed by atoms with Gasteiger partial charge in [0.2, 0.25) is 0 Å². The van der Waals surface area contributed by atoms with Crippen LogP contribution in [0, 0.1) is 0 Å². The van der Waals surface area contributed by atoms with Crippen LogP contribution in [-0.4, -0.2) is 53.8 Å². The van der Waals surface area contributed by atoms with E-state index in [0.717, 1.165) is 45.8 Å². The Bertz CT molecular complexity index is 353. The normalized spacial score (nSPS) is 21.3. The minimum absolute atomic E-state index is 0.311. The van der Waals surface area contributed by atoms with Crippen molar-refractivity contribution in [2.24, 2.45) is 0 Å². The zero-order chi connectivity index (χ0) is 12.8. The van der Waals surface area contributed by atoms with Crippen molar-refractivity contribution in [2.45, 2.75) is 32.5 Å². The van der Waals surface area contributed by atoms with Gasteiger partial charge < -0.3 is 19.5 Å². The SMILES string of the molecule is CCCn1cncc1CNCC1CN(C)CCO1.